The predicted octanol–water partition coefficient (Wildman–Crippen LogP) is 3.87. The van der Waals surface area contributed by atoms with Crippen LogP contribution >= 0.6 is 11.6 Å². The van der Waals surface area contributed by atoms with Gasteiger partial charge in [0.05, 0.1) is 10.6 Å². The van der Waals surface area contributed by atoms with Crippen molar-refractivity contribution in [2.75, 3.05) is 11.4 Å². The molecule has 0 heterocycles. The fraction of sp³-hybridized carbons (Fsp3) is 0.250. The zero-order valence-electron chi connectivity index (χ0n) is 12.3. The van der Waals surface area contributed by atoms with Gasteiger partial charge in [0.2, 0.25) is 0 Å². The van der Waals surface area contributed by atoms with Gasteiger partial charge in [-0.3, -0.25) is 4.31 Å². The van der Waals surface area contributed by atoms with Gasteiger partial charge in [0.15, 0.2) is 0 Å². The molecule has 5 heteroatoms. The molecule has 0 aliphatic rings. The maximum absolute atomic E-state index is 12.8. The summed E-state index contributed by atoms with van der Waals surface area (Å²) in [6.45, 7) is 3.72. The molecule has 2 aromatic carbocycles. The normalized spacial score (nSPS) is 11.4. The van der Waals surface area contributed by atoms with E-state index in [9.17, 15) is 8.42 Å². The maximum atomic E-state index is 12.8. The Morgan fingerprint density at radius 3 is 2.38 bits per heavy atom. The topological polar surface area (TPSA) is 37.4 Å². The van der Waals surface area contributed by atoms with E-state index in [4.69, 9.17) is 11.6 Å². The largest absolute Gasteiger partial charge is 0.269 e. The molecule has 0 saturated heterocycles. The molecule has 0 saturated carbocycles. The van der Waals surface area contributed by atoms with Crippen molar-refractivity contribution >= 4 is 27.3 Å². The van der Waals surface area contributed by atoms with Crippen molar-refractivity contribution in [3.05, 3.63) is 59.2 Å². The van der Waals surface area contributed by atoms with E-state index in [1.54, 1.807) is 32.2 Å². The van der Waals surface area contributed by atoms with Gasteiger partial charge in [-0.1, -0.05) is 24.3 Å². The van der Waals surface area contributed by atoms with Crippen LogP contribution in [-0.2, 0) is 15.9 Å². The monoisotopic (exact) mass is 323 g/mol. The van der Waals surface area contributed by atoms with Crippen molar-refractivity contribution in [2.24, 2.45) is 0 Å². The van der Waals surface area contributed by atoms with Gasteiger partial charge in [-0.05, 0) is 48.7 Å². The van der Waals surface area contributed by atoms with Crippen LogP contribution in [-0.4, -0.2) is 15.5 Å². The van der Waals surface area contributed by atoms with Gasteiger partial charge < -0.3 is 0 Å². The van der Waals surface area contributed by atoms with Crippen LogP contribution in [0.1, 0.15) is 16.7 Å². The summed E-state index contributed by atoms with van der Waals surface area (Å²) in [6, 6.07) is 12.6. The van der Waals surface area contributed by atoms with Crippen LogP contribution in [0, 0.1) is 13.8 Å². The van der Waals surface area contributed by atoms with Crippen molar-refractivity contribution in [1.82, 2.24) is 0 Å². The summed E-state index contributed by atoms with van der Waals surface area (Å²) in [7, 11) is -2.03. The zero-order valence-corrected chi connectivity index (χ0v) is 13.9. The third kappa shape index (κ3) is 3.06. The summed E-state index contributed by atoms with van der Waals surface area (Å²) in [5.41, 5.74) is 3.19. The van der Waals surface area contributed by atoms with Crippen LogP contribution in [0.4, 0.5) is 5.69 Å². The molecule has 0 aromatic heterocycles. The van der Waals surface area contributed by atoms with Gasteiger partial charge in [-0.25, -0.2) is 8.42 Å². The first-order valence-corrected chi connectivity index (χ1v) is 8.55. The summed E-state index contributed by atoms with van der Waals surface area (Å²) in [5, 5.41) is 0. The Morgan fingerprint density at radius 2 is 1.76 bits per heavy atom. The third-order valence-corrected chi connectivity index (χ3v) is 5.76. The highest BCUT2D eigenvalue weighted by Crippen LogP contribution is 2.26. The van der Waals surface area contributed by atoms with Crippen LogP contribution in [0.3, 0.4) is 0 Å². The van der Waals surface area contributed by atoms with E-state index in [1.807, 2.05) is 31.2 Å². The summed E-state index contributed by atoms with van der Waals surface area (Å²) >= 11 is 5.86. The quantitative estimate of drug-likeness (QED) is 0.801. The highest BCUT2D eigenvalue weighted by atomic mass is 35.5. The second kappa shape index (κ2) is 6.08. The molecule has 0 fully saturated rings. The van der Waals surface area contributed by atoms with Crippen molar-refractivity contribution in [1.29, 1.82) is 0 Å². The highest BCUT2D eigenvalue weighted by Gasteiger charge is 2.24. The predicted molar refractivity (Wildman–Crippen MR) is 87.5 cm³/mol. The molecule has 3 nitrogen and oxygen atoms in total. The number of hydrogen-bond acceptors (Lipinski definition) is 2. The van der Waals surface area contributed by atoms with Crippen LogP contribution in [0.5, 0.6) is 0 Å². The van der Waals surface area contributed by atoms with E-state index in [1.165, 1.54) is 4.31 Å². The van der Waals surface area contributed by atoms with Gasteiger partial charge in [-0.2, -0.15) is 0 Å². The zero-order chi connectivity index (χ0) is 15.6. The van der Waals surface area contributed by atoms with Crippen molar-refractivity contribution in [3.63, 3.8) is 0 Å². The molecule has 0 aliphatic carbocycles. The number of aryl methyl sites for hydroxylation is 1. The van der Waals surface area contributed by atoms with Gasteiger partial charge in [0.1, 0.15) is 0 Å². The molecule has 0 N–H and O–H groups in total. The van der Waals surface area contributed by atoms with E-state index in [-0.39, 0.29) is 0 Å². The SMILES string of the molecule is Cc1cccc(N(C)S(=O)(=O)c2cccc(CCl)c2C)c1. The molecular formula is C16H18ClNO2S. The molecule has 112 valence electrons. The second-order valence-electron chi connectivity index (χ2n) is 4.99. The highest BCUT2D eigenvalue weighted by molar-refractivity contribution is 7.92. The van der Waals surface area contributed by atoms with Crippen LogP contribution in [0.25, 0.3) is 0 Å². The molecule has 0 radical (unpaired) electrons. The molecule has 0 atom stereocenters. The number of sulfonamides is 1. The molecule has 0 amide bonds. The molecule has 2 rings (SSSR count). The van der Waals surface area contributed by atoms with E-state index in [0.717, 1.165) is 11.1 Å². The summed E-state index contributed by atoms with van der Waals surface area (Å²) < 4.78 is 26.9. The first-order valence-electron chi connectivity index (χ1n) is 6.58. The number of rotatable bonds is 4. The molecule has 0 aliphatic heterocycles. The lowest BCUT2D eigenvalue weighted by Gasteiger charge is -2.21. The van der Waals surface area contributed by atoms with Crippen LogP contribution in [0.2, 0.25) is 0 Å². The average Bonchev–Trinajstić information content (AvgIpc) is 2.46. The van der Waals surface area contributed by atoms with Crippen LogP contribution in [0.15, 0.2) is 47.4 Å². The lowest BCUT2D eigenvalue weighted by molar-refractivity contribution is 0.593. The Hall–Kier alpha value is -1.52. The fourth-order valence-corrected chi connectivity index (χ4v) is 3.94. The molecular weight excluding hydrogens is 306 g/mol. The van der Waals surface area contributed by atoms with Gasteiger partial charge in [0, 0.05) is 12.9 Å². The summed E-state index contributed by atoms with van der Waals surface area (Å²) in [5.74, 6) is 0.295. The standard InChI is InChI=1S/C16H18ClNO2S/c1-12-6-4-8-15(10-12)18(3)21(19,20)16-9-5-7-14(11-17)13(16)2/h4-10H,11H2,1-3H3. The Morgan fingerprint density at radius 1 is 1.10 bits per heavy atom. The van der Waals surface area contributed by atoms with E-state index in [0.29, 0.717) is 22.0 Å². The van der Waals surface area contributed by atoms with Crippen molar-refractivity contribution in [2.45, 2.75) is 24.6 Å². The number of halogens is 1. The first-order chi connectivity index (χ1) is 9.87. The van der Waals surface area contributed by atoms with E-state index in [2.05, 4.69) is 0 Å². The number of benzene rings is 2. The van der Waals surface area contributed by atoms with E-state index >= 15 is 0 Å². The van der Waals surface area contributed by atoms with Crippen molar-refractivity contribution < 1.29 is 8.42 Å². The molecule has 0 unspecified atom stereocenters. The minimum atomic E-state index is -3.60. The number of alkyl halides is 1. The van der Waals surface area contributed by atoms with Gasteiger partial charge >= 0.3 is 0 Å². The summed E-state index contributed by atoms with van der Waals surface area (Å²) in [6.07, 6.45) is 0. The minimum Gasteiger partial charge on any atom is -0.269 e. The second-order valence-corrected chi connectivity index (χ2v) is 7.19. The third-order valence-electron chi connectivity index (χ3n) is 3.54. The Bertz CT molecular complexity index is 757. The molecule has 0 bridgehead atoms. The minimum absolute atomic E-state index is 0.295. The number of hydrogen-bond donors (Lipinski definition) is 0. The first kappa shape index (κ1) is 15.9. The van der Waals surface area contributed by atoms with Crippen molar-refractivity contribution in [3.8, 4) is 0 Å². The van der Waals surface area contributed by atoms with Gasteiger partial charge in [0.25, 0.3) is 10.0 Å². The molecule has 0 spiro atoms. The Labute approximate surface area is 131 Å². The fourth-order valence-electron chi connectivity index (χ4n) is 2.19. The Kier molecular flexibility index (Phi) is 4.59. The smallest absolute Gasteiger partial charge is 0.264 e. The van der Waals surface area contributed by atoms with Gasteiger partial charge in [-0.15, -0.1) is 11.6 Å². The maximum Gasteiger partial charge on any atom is 0.264 e. The Balaban J connectivity index is 2.52. The molecule has 2 aromatic rings. The lowest BCUT2D eigenvalue weighted by Crippen LogP contribution is -2.27. The molecule has 21 heavy (non-hydrogen) atoms. The summed E-state index contributed by atoms with van der Waals surface area (Å²) in [4.78, 5) is 0.296. The lowest BCUT2D eigenvalue weighted by atomic mass is 10.1. The van der Waals surface area contributed by atoms with Crippen LogP contribution < -0.4 is 4.31 Å². The average molecular weight is 324 g/mol. The van der Waals surface area contributed by atoms with E-state index < -0.39 is 10.0 Å². The number of anilines is 1. The number of nitrogens with zero attached hydrogens (tertiary/aromatic N) is 1.